The number of hydrogen-bond donors (Lipinski definition) is 2. The van der Waals surface area contributed by atoms with Crippen molar-refractivity contribution in [2.24, 2.45) is 0 Å². The zero-order chi connectivity index (χ0) is 16.3. The van der Waals surface area contributed by atoms with Gasteiger partial charge in [0.2, 0.25) is 0 Å². The highest BCUT2D eigenvalue weighted by molar-refractivity contribution is 5.36. The molecule has 0 radical (unpaired) electrons. The van der Waals surface area contributed by atoms with Crippen LogP contribution in [0.25, 0.3) is 0 Å². The van der Waals surface area contributed by atoms with Gasteiger partial charge >= 0.3 is 0 Å². The average Bonchev–Trinajstić information content (AvgIpc) is 2.60. The molecule has 3 heteroatoms. The monoisotopic (exact) mass is 306 g/mol. The molecule has 2 unspecified atom stereocenters. The first-order valence-corrected chi connectivity index (χ1v) is 8.16. The lowest BCUT2D eigenvalue weighted by atomic mass is 9.79. The summed E-state index contributed by atoms with van der Waals surface area (Å²) in [6, 6.07) is 18.1. The highest BCUT2D eigenvalue weighted by atomic mass is 16.3. The molecule has 3 nitrogen and oxygen atoms in total. The summed E-state index contributed by atoms with van der Waals surface area (Å²) in [6.07, 6.45) is 2.83. The molecule has 0 spiro atoms. The van der Waals surface area contributed by atoms with E-state index in [2.05, 4.69) is 24.4 Å². The first-order chi connectivity index (χ1) is 11.1. The van der Waals surface area contributed by atoms with Gasteiger partial charge in [-0.05, 0) is 55.0 Å². The van der Waals surface area contributed by atoms with Crippen molar-refractivity contribution in [2.45, 2.75) is 37.8 Å². The van der Waals surface area contributed by atoms with Crippen LogP contribution in [0.5, 0.6) is 0 Å². The zero-order valence-electron chi connectivity index (χ0n) is 13.4. The van der Waals surface area contributed by atoms with E-state index < -0.39 is 5.60 Å². The largest absolute Gasteiger partial charge is 0.384 e. The van der Waals surface area contributed by atoms with Gasteiger partial charge < -0.3 is 10.4 Å². The summed E-state index contributed by atoms with van der Waals surface area (Å²) in [5.41, 5.74) is 3.23. The van der Waals surface area contributed by atoms with Gasteiger partial charge in [-0.25, -0.2) is 0 Å². The maximum atomic E-state index is 11.1. The summed E-state index contributed by atoms with van der Waals surface area (Å²) < 4.78 is 0. The molecule has 118 valence electrons. The van der Waals surface area contributed by atoms with Crippen LogP contribution in [0.15, 0.2) is 48.5 Å². The lowest BCUT2D eigenvalue weighted by Gasteiger charge is -2.35. The Morgan fingerprint density at radius 1 is 1.26 bits per heavy atom. The van der Waals surface area contributed by atoms with Crippen LogP contribution in [0, 0.1) is 11.3 Å². The Bertz CT molecular complexity index is 734. The van der Waals surface area contributed by atoms with E-state index in [0.717, 1.165) is 30.4 Å². The lowest BCUT2D eigenvalue weighted by Crippen LogP contribution is -2.41. The van der Waals surface area contributed by atoms with Crippen molar-refractivity contribution >= 4 is 0 Å². The molecule has 1 aliphatic carbocycles. The minimum atomic E-state index is -0.810. The summed E-state index contributed by atoms with van der Waals surface area (Å²) in [5.74, 6) is 0. The maximum absolute atomic E-state index is 11.1. The second kappa shape index (κ2) is 6.54. The molecular formula is C20H22N2O. The molecule has 1 aliphatic rings. The summed E-state index contributed by atoms with van der Waals surface area (Å²) in [7, 11) is 0. The summed E-state index contributed by atoms with van der Waals surface area (Å²) in [6.45, 7) is 2.58. The molecule has 3 rings (SSSR count). The van der Waals surface area contributed by atoms with Crippen molar-refractivity contribution in [3.63, 3.8) is 0 Å². The molecular weight excluding hydrogens is 284 g/mol. The Morgan fingerprint density at radius 3 is 2.91 bits per heavy atom. The Kier molecular flexibility index (Phi) is 4.47. The third kappa shape index (κ3) is 3.29. The molecule has 0 aromatic heterocycles. The highest BCUT2D eigenvalue weighted by Gasteiger charge is 2.34. The highest BCUT2D eigenvalue weighted by Crippen LogP contribution is 2.35. The van der Waals surface area contributed by atoms with Crippen LogP contribution in [-0.2, 0) is 12.0 Å². The predicted molar refractivity (Wildman–Crippen MR) is 90.9 cm³/mol. The molecule has 2 aromatic carbocycles. The van der Waals surface area contributed by atoms with E-state index in [0.29, 0.717) is 12.1 Å². The van der Waals surface area contributed by atoms with Crippen molar-refractivity contribution in [1.29, 1.82) is 5.26 Å². The number of nitrogens with one attached hydrogen (secondary N) is 1. The fourth-order valence-corrected chi connectivity index (χ4v) is 3.40. The predicted octanol–water partition coefficient (Wildman–Crippen LogP) is 3.43. The van der Waals surface area contributed by atoms with Gasteiger partial charge in [-0.2, -0.15) is 5.26 Å². The molecule has 0 bridgehead atoms. The minimum absolute atomic E-state index is 0.0846. The van der Waals surface area contributed by atoms with Crippen LogP contribution >= 0.6 is 0 Å². The molecule has 0 saturated heterocycles. The maximum Gasteiger partial charge on any atom is 0.102 e. The minimum Gasteiger partial charge on any atom is -0.384 e. The van der Waals surface area contributed by atoms with Crippen LogP contribution in [0.4, 0.5) is 0 Å². The van der Waals surface area contributed by atoms with Crippen LogP contribution in [0.2, 0.25) is 0 Å². The number of nitrogens with zero attached hydrogens (tertiary/aromatic N) is 1. The molecule has 2 atom stereocenters. The van der Waals surface area contributed by atoms with Gasteiger partial charge in [-0.15, -0.1) is 0 Å². The zero-order valence-corrected chi connectivity index (χ0v) is 13.4. The summed E-state index contributed by atoms with van der Waals surface area (Å²) in [4.78, 5) is 0. The fraction of sp³-hybridized carbons (Fsp3) is 0.350. The molecule has 0 amide bonds. The van der Waals surface area contributed by atoms with Crippen molar-refractivity contribution in [3.8, 4) is 6.07 Å². The van der Waals surface area contributed by atoms with Crippen molar-refractivity contribution in [1.82, 2.24) is 5.32 Å². The van der Waals surface area contributed by atoms with Gasteiger partial charge in [0, 0.05) is 12.6 Å². The van der Waals surface area contributed by atoms with Crippen LogP contribution in [-0.4, -0.2) is 11.7 Å². The van der Waals surface area contributed by atoms with Gasteiger partial charge in [0.15, 0.2) is 0 Å². The number of nitriles is 1. The van der Waals surface area contributed by atoms with E-state index in [1.54, 1.807) is 6.07 Å². The molecule has 0 fully saturated rings. The standard InChI is InChI=1S/C20H22N2O/c1-15(18-8-4-6-16(12-18)13-21)22-14-20(23)11-5-9-17-7-2-3-10-19(17)20/h2-4,6-8,10,12,15,22-23H,5,9,11,14H2,1H3. The number of hydrogen-bond acceptors (Lipinski definition) is 3. The van der Waals surface area contributed by atoms with E-state index >= 15 is 0 Å². The molecule has 0 aliphatic heterocycles. The molecule has 0 heterocycles. The Labute approximate surface area is 137 Å². The van der Waals surface area contributed by atoms with E-state index in [9.17, 15) is 5.11 Å². The number of rotatable bonds is 4. The molecule has 23 heavy (non-hydrogen) atoms. The van der Waals surface area contributed by atoms with Crippen LogP contribution < -0.4 is 5.32 Å². The molecule has 2 aromatic rings. The number of aliphatic hydroxyl groups is 1. The Balaban J connectivity index is 1.74. The fourth-order valence-electron chi connectivity index (χ4n) is 3.40. The smallest absolute Gasteiger partial charge is 0.102 e. The van der Waals surface area contributed by atoms with E-state index in [1.807, 2.05) is 36.4 Å². The van der Waals surface area contributed by atoms with E-state index in [-0.39, 0.29) is 6.04 Å². The first-order valence-electron chi connectivity index (χ1n) is 8.16. The van der Waals surface area contributed by atoms with Crippen molar-refractivity contribution in [3.05, 3.63) is 70.8 Å². The number of fused-ring (bicyclic) bond motifs is 1. The van der Waals surface area contributed by atoms with Gasteiger partial charge in [-0.3, -0.25) is 0 Å². The summed E-state index contributed by atoms with van der Waals surface area (Å²) in [5, 5.41) is 23.6. The number of aryl methyl sites for hydroxylation is 1. The third-order valence-electron chi connectivity index (χ3n) is 4.77. The Morgan fingerprint density at radius 2 is 2.09 bits per heavy atom. The molecule has 2 N–H and O–H groups in total. The SMILES string of the molecule is CC(NCC1(O)CCCc2ccccc21)c1cccc(C#N)c1. The van der Waals surface area contributed by atoms with Crippen LogP contribution in [0.1, 0.15) is 48.1 Å². The van der Waals surface area contributed by atoms with Crippen molar-refractivity contribution in [2.75, 3.05) is 6.54 Å². The van der Waals surface area contributed by atoms with E-state index in [1.165, 1.54) is 5.56 Å². The molecule has 0 saturated carbocycles. The van der Waals surface area contributed by atoms with Gasteiger partial charge in [-0.1, -0.05) is 36.4 Å². The quantitative estimate of drug-likeness (QED) is 0.910. The second-order valence-electron chi connectivity index (χ2n) is 6.38. The van der Waals surface area contributed by atoms with Crippen molar-refractivity contribution < 1.29 is 5.11 Å². The lowest BCUT2D eigenvalue weighted by molar-refractivity contribution is 0.0170. The third-order valence-corrected chi connectivity index (χ3v) is 4.77. The topological polar surface area (TPSA) is 56.0 Å². The Hall–Kier alpha value is -2.15. The average molecular weight is 306 g/mol. The summed E-state index contributed by atoms with van der Waals surface area (Å²) >= 11 is 0. The van der Waals surface area contributed by atoms with Gasteiger partial charge in [0.25, 0.3) is 0 Å². The van der Waals surface area contributed by atoms with E-state index in [4.69, 9.17) is 5.26 Å². The van der Waals surface area contributed by atoms with Gasteiger partial charge in [0.1, 0.15) is 5.60 Å². The van der Waals surface area contributed by atoms with Crippen LogP contribution in [0.3, 0.4) is 0 Å². The number of benzene rings is 2. The first kappa shape index (κ1) is 15.7. The van der Waals surface area contributed by atoms with Gasteiger partial charge in [0.05, 0.1) is 11.6 Å². The normalized spacial score (nSPS) is 21.3. The second-order valence-corrected chi connectivity index (χ2v) is 6.38.